The van der Waals surface area contributed by atoms with Crippen molar-refractivity contribution in [1.82, 2.24) is 24.1 Å². The number of pyridine rings is 1. The number of hydrogen-bond donors (Lipinski definition) is 0. The molecule has 2 aromatic heterocycles. The van der Waals surface area contributed by atoms with Crippen LogP contribution in [0, 0.1) is 0 Å². The fourth-order valence-corrected chi connectivity index (χ4v) is 3.96. The molecule has 3 heterocycles. The third kappa shape index (κ3) is 4.18. The molecular formula is C23H29N5O. The number of fused-ring (bicyclic) bond motifs is 1. The van der Waals surface area contributed by atoms with E-state index in [1.54, 1.807) is 4.90 Å². The maximum atomic E-state index is 13.3. The van der Waals surface area contributed by atoms with Crippen molar-refractivity contribution in [1.29, 1.82) is 0 Å². The molecule has 0 spiro atoms. The summed E-state index contributed by atoms with van der Waals surface area (Å²) in [6.45, 7) is 6.57. The van der Waals surface area contributed by atoms with Gasteiger partial charge in [0.1, 0.15) is 5.65 Å². The van der Waals surface area contributed by atoms with Gasteiger partial charge in [0.2, 0.25) is 0 Å². The van der Waals surface area contributed by atoms with E-state index in [1.807, 2.05) is 61.8 Å². The Bertz CT molecular complexity index is 983. The highest BCUT2D eigenvalue weighted by Gasteiger charge is 2.26. The molecular weight excluding hydrogens is 362 g/mol. The van der Waals surface area contributed by atoms with Gasteiger partial charge in [0.25, 0.3) is 5.91 Å². The molecule has 1 aliphatic rings. The molecule has 152 valence electrons. The van der Waals surface area contributed by atoms with Crippen molar-refractivity contribution < 1.29 is 4.79 Å². The van der Waals surface area contributed by atoms with Gasteiger partial charge in [-0.05, 0) is 31.7 Å². The highest BCUT2D eigenvalue weighted by molar-refractivity contribution is 5.94. The molecule has 0 bridgehead atoms. The van der Waals surface area contributed by atoms with E-state index >= 15 is 0 Å². The molecule has 1 atom stereocenters. The zero-order valence-electron chi connectivity index (χ0n) is 17.5. The fraction of sp³-hybridized carbons (Fsp3) is 0.391. The summed E-state index contributed by atoms with van der Waals surface area (Å²) >= 11 is 0. The maximum Gasteiger partial charge on any atom is 0.274 e. The van der Waals surface area contributed by atoms with Crippen LogP contribution in [0.1, 0.15) is 28.7 Å². The first-order chi connectivity index (χ1) is 14.0. The molecule has 0 radical (unpaired) electrons. The molecule has 0 saturated carbocycles. The molecule has 29 heavy (non-hydrogen) atoms. The molecule has 3 aromatic rings. The van der Waals surface area contributed by atoms with Crippen molar-refractivity contribution in [3.8, 4) is 0 Å². The Kier molecular flexibility index (Phi) is 5.65. The second-order valence-corrected chi connectivity index (χ2v) is 8.05. The summed E-state index contributed by atoms with van der Waals surface area (Å²) in [5.74, 6) is -0.0327. The number of hydrogen-bond acceptors (Lipinski definition) is 4. The van der Waals surface area contributed by atoms with Crippen LogP contribution in [0.15, 0.2) is 54.7 Å². The van der Waals surface area contributed by atoms with Gasteiger partial charge in [0, 0.05) is 52.0 Å². The largest absolute Gasteiger partial charge is 0.336 e. The number of benzene rings is 1. The number of likely N-dealkylation sites (N-methyl/N-ethyl adjacent to an activating group) is 1. The zero-order chi connectivity index (χ0) is 20.4. The molecule has 1 amide bonds. The number of aromatic nitrogens is 2. The van der Waals surface area contributed by atoms with Gasteiger partial charge >= 0.3 is 0 Å². The quantitative estimate of drug-likeness (QED) is 0.671. The maximum absolute atomic E-state index is 13.3. The van der Waals surface area contributed by atoms with Crippen LogP contribution in [0.4, 0.5) is 0 Å². The van der Waals surface area contributed by atoms with Crippen LogP contribution in [-0.2, 0) is 13.1 Å². The molecule has 6 nitrogen and oxygen atoms in total. The monoisotopic (exact) mass is 391 g/mol. The molecule has 1 fully saturated rings. The van der Waals surface area contributed by atoms with E-state index in [-0.39, 0.29) is 5.91 Å². The Morgan fingerprint density at radius 1 is 1.14 bits per heavy atom. The van der Waals surface area contributed by atoms with Crippen LogP contribution >= 0.6 is 0 Å². The molecule has 1 aromatic carbocycles. The van der Waals surface area contributed by atoms with Crippen molar-refractivity contribution in [3.63, 3.8) is 0 Å². The molecule has 0 aliphatic carbocycles. The highest BCUT2D eigenvalue weighted by Crippen LogP contribution is 2.19. The summed E-state index contributed by atoms with van der Waals surface area (Å²) in [4.78, 5) is 24.6. The lowest BCUT2D eigenvalue weighted by molar-refractivity contribution is 0.0771. The Labute approximate surface area is 172 Å². The number of imidazole rings is 1. The fourth-order valence-electron chi connectivity index (χ4n) is 3.96. The lowest BCUT2D eigenvalue weighted by Gasteiger charge is -2.37. The Balaban J connectivity index is 1.61. The van der Waals surface area contributed by atoms with E-state index in [4.69, 9.17) is 4.98 Å². The number of carbonyl (C=O) groups is 1. The van der Waals surface area contributed by atoms with Crippen LogP contribution in [0.2, 0.25) is 0 Å². The predicted octanol–water partition coefficient (Wildman–Crippen LogP) is 2.74. The van der Waals surface area contributed by atoms with Crippen molar-refractivity contribution in [2.45, 2.75) is 26.1 Å². The summed E-state index contributed by atoms with van der Waals surface area (Å²) in [6.07, 6.45) is 2.01. The molecule has 1 aliphatic heterocycles. The average molecular weight is 392 g/mol. The van der Waals surface area contributed by atoms with E-state index in [1.165, 1.54) is 0 Å². The number of carbonyl (C=O) groups excluding carboxylic acids is 1. The summed E-state index contributed by atoms with van der Waals surface area (Å²) in [5, 5.41) is 0. The van der Waals surface area contributed by atoms with Crippen LogP contribution in [0.5, 0.6) is 0 Å². The Morgan fingerprint density at radius 2 is 1.90 bits per heavy atom. The zero-order valence-corrected chi connectivity index (χ0v) is 17.5. The molecule has 6 heteroatoms. The lowest BCUT2D eigenvalue weighted by Crippen LogP contribution is -2.49. The minimum atomic E-state index is -0.0327. The van der Waals surface area contributed by atoms with Crippen LogP contribution in [-0.4, -0.2) is 69.8 Å². The number of piperazine rings is 1. The first-order valence-corrected chi connectivity index (χ1v) is 10.2. The summed E-state index contributed by atoms with van der Waals surface area (Å²) < 4.78 is 2.06. The molecule has 1 unspecified atom stereocenters. The van der Waals surface area contributed by atoms with Crippen molar-refractivity contribution in [2.75, 3.05) is 33.7 Å². The average Bonchev–Trinajstić information content (AvgIpc) is 3.09. The Morgan fingerprint density at radius 3 is 2.66 bits per heavy atom. The smallest absolute Gasteiger partial charge is 0.274 e. The highest BCUT2D eigenvalue weighted by atomic mass is 16.2. The van der Waals surface area contributed by atoms with Gasteiger partial charge in [-0.2, -0.15) is 0 Å². The molecule has 4 rings (SSSR count). The number of amides is 1. The lowest BCUT2D eigenvalue weighted by atomic mass is 10.1. The van der Waals surface area contributed by atoms with E-state index in [2.05, 4.69) is 28.2 Å². The van der Waals surface area contributed by atoms with E-state index in [0.29, 0.717) is 18.3 Å². The number of nitrogens with zero attached hydrogens (tertiary/aromatic N) is 5. The second kappa shape index (κ2) is 8.35. The standard InChI is InChI=1S/C23H29N5O/c1-18-15-27(14-13-25(18)2)17-20-22(24-21-11-7-8-12-28(20)21)23(29)26(3)16-19-9-5-4-6-10-19/h4-12,18H,13-17H2,1-3H3. The first-order valence-electron chi connectivity index (χ1n) is 10.2. The minimum Gasteiger partial charge on any atom is -0.336 e. The predicted molar refractivity (Wildman–Crippen MR) is 115 cm³/mol. The van der Waals surface area contributed by atoms with E-state index in [9.17, 15) is 4.79 Å². The Hall–Kier alpha value is -2.70. The molecule has 1 saturated heterocycles. The third-order valence-corrected chi connectivity index (χ3v) is 5.86. The van der Waals surface area contributed by atoms with Crippen molar-refractivity contribution in [3.05, 3.63) is 71.7 Å². The van der Waals surface area contributed by atoms with Gasteiger partial charge in [0.05, 0.1) is 5.69 Å². The summed E-state index contributed by atoms with van der Waals surface area (Å²) in [7, 11) is 4.02. The van der Waals surface area contributed by atoms with Crippen LogP contribution in [0.3, 0.4) is 0 Å². The van der Waals surface area contributed by atoms with Crippen molar-refractivity contribution >= 4 is 11.6 Å². The normalized spacial score (nSPS) is 18.2. The van der Waals surface area contributed by atoms with Gasteiger partial charge in [-0.15, -0.1) is 0 Å². The SMILES string of the molecule is CC1CN(Cc2c(C(=O)N(C)Cc3ccccc3)nc3ccccn23)CCN1C. The summed E-state index contributed by atoms with van der Waals surface area (Å²) in [6, 6.07) is 16.5. The van der Waals surface area contributed by atoms with Gasteiger partial charge in [-0.3, -0.25) is 9.69 Å². The topological polar surface area (TPSA) is 44.1 Å². The van der Waals surface area contributed by atoms with Crippen LogP contribution < -0.4 is 0 Å². The van der Waals surface area contributed by atoms with Gasteiger partial charge < -0.3 is 14.2 Å². The van der Waals surface area contributed by atoms with Gasteiger partial charge in [-0.25, -0.2) is 4.98 Å². The molecule has 0 N–H and O–H groups in total. The first kappa shape index (κ1) is 19.6. The number of rotatable bonds is 5. The second-order valence-electron chi connectivity index (χ2n) is 8.05. The third-order valence-electron chi connectivity index (χ3n) is 5.86. The van der Waals surface area contributed by atoms with E-state index in [0.717, 1.165) is 43.1 Å². The van der Waals surface area contributed by atoms with Crippen LogP contribution in [0.25, 0.3) is 5.65 Å². The minimum absolute atomic E-state index is 0.0327. The van der Waals surface area contributed by atoms with Crippen molar-refractivity contribution in [2.24, 2.45) is 0 Å². The van der Waals surface area contributed by atoms with Gasteiger partial charge in [-0.1, -0.05) is 36.4 Å². The van der Waals surface area contributed by atoms with Gasteiger partial charge in [0.15, 0.2) is 5.69 Å². The van der Waals surface area contributed by atoms with E-state index < -0.39 is 0 Å². The summed E-state index contributed by atoms with van der Waals surface area (Å²) in [5.41, 5.74) is 3.46.